The van der Waals surface area contributed by atoms with Crippen LogP contribution in [0.25, 0.3) is 0 Å². The van der Waals surface area contributed by atoms with Crippen LogP contribution < -0.4 is 16.4 Å². The summed E-state index contributed by atoms with van der Waals surface area (Å²) in [7, 11) is 0. The van der Waals surface area contributed by atoms with Crippen LogP contribution in [0.3, 0.4) is 0 Å². The van der Waals surface area contributed by atoms with Crippen molar-refractivity contribution in [3.05, 3.63) is 16.9 Å². The molecule has 4 aliphatic rings. The molecule has 1 aromatic rings. The van der Waals surface area contributed by atoms with Crippen molar-refractivity contribution in [2.75, 3.05) is 45.8 Å². The number of amides is 3. The number of carbonyl (C=O) groups is 4. The lowest BCUT2D eigenvalue weighted by molar-refractivity contribution is -0.158. The van der Waals surface area contributed by atoms with E-state index in [0.29, 0.717) is 44.0 Å². The van der Waals surface area contributed by atoms with Crippen molar-refractivity contribution in [2.45, 2.75) is 56.4 Å². The molecule has 17 heteroatoms. The van der Waals surface area contributed by atoms with E-state index in [1.54, 1.807) is 11.8 Å². The number of carboxylic acids is 1. The maximum Gasteiger partial charge on any atom is 0.353 e. The molecule has 3 saturated heterocycles. The Morgan fingerprint density at radius 2 is 2.02 bits per heavy atom. The molecule has 5 rings (SSSR count). The molecule has 230 valence electrons. The number of piperazine rings is 1. The van der Waals surface area contributed by atoms with E-state index < -0.39 is 24.1 Å². The molecule has 0 aromatic carbocycles. The summed E-state index contributed by atoms with van der Waals surface area (Å²) in [6, 6.07) is -1.30. The number of rotatable bonds is 11. The number of nitrogens with one attached hydrogen (secondary N) is 2. The van der Waals surface area contributed by atoms with E-state index in [1.165, 1.54) is 27.7 Å². The second kappa shape index (κ2) is 12.6. The summed E-state index contributed by atoms with van der Waals surface area (Å²) in [6.45, 7) is 6.53. The average Bonchev–Trinajstić information content (AvgIpc) is 3.69. The van der Waals surface area contributed by atoms with E-state index in [-0.39, 0.29) is 66.3 Å². The second-order valence-electron chi connectivity index (χ2n) is 11.3. The van der Waals surface area contributed by atoms with Gasteiger partial charge in [0.25, 0.3) is 0 Å². The van der Waals surface area contributed by atoms with Crippen molar-refractivity contribution in [1.82, 2.24) is 45.5 Å². The van der Waals surface area contributed by atoms with Crippen LogP contribution >= 0.6 is 11.8 Å². The summed E-state index contributed by atoms with van der Waals surface area (Å²) in [4.78, 5) is 56.9. The molecule has 5 N–H and O–H groups in total. The second-order valence-corrected chi connectivity index (χ2v) is 12.6. The number of carboxylic acid groups (broad SMARTS) is 1. The number of halogens is 1. The summed E-state index contributed by atoms with van der Waals surface area (Å²) < 4.78 is 14.9. The summed E-state index contributed by atoms with van der Waals surface area (Å²) in [5.74, 6) is -2.70. The average molecular weight is 609 g/mol. The third-order valence-corrected chi connectivity index (χ3v) is 10.0. The zero-order valence-electron chi connectivity index (χ0n) is 23.6. The van der Waals surface area contributed by atoms with E-state index in [2.05, 4.69) is 26.2 Å². The van der Waals surface area contributed by atoms with Gasteiger partial charge < -0.3 is 31.3 Å². The minimum Gasteiger partial charge on any atom is -0.477 e. The van der Waals surface area contributed by atoms with Gasteiger partial charge in [0.05, 0.1) is 18.0 Å². The smallest absolute Gasteiger partial charge is 0.353 e. The first-order chi connectivity index (χ1) is 20.1. The zero-order valence-corrected chi connectivity index (χ0v) is 24.4. The first-order valence-corrected chi connectivity index (χ1v) is 15.0. The number of thioether (sulfide) groups is 1. The fraction of sp³-hybridized carbons (Fsp3) is 0.720. The molecule has 0 saturated carbocycles. The Balaban J connectivity index is 1.17. The molecule has 5 heterocycles. The third-order valence-electron chi connectivity index (χ3n) is 8.49. The van der Waals surface area contributed by atoms with Gasteiger partial charge in [-0.15, -0.1) is 16.9 Å². The van der Waals surface area contributed by atoms with Gasteiger partial charge in [0.1, 0.15) is 24.7 Å². The molecule has 0 radical (unpaired) electrons. The summed E-state index contributed by atoms with van der Waals surface area (Å²) >= 11 is 1.41. The topological polar surface area (TPSA) is 192 Å². The van der Waals surface area contributed by atoms with Gasteiger partial charge in [0, 0.05) is 67.9 Å². The molecule has 15 nitrogen and oxygen atoms in total. The number of nitrogens with zero attached hydrogens (tertiary/aromatic N) is 7. The molecule has 4 aliphatic heterocycles. The van der Waals surface area contributed by atoms with Gasteiger partial charge in [-0.3, -0.25) is 19.3 Å². The van der Waals surface area contributed by atoms with Gasteiger partial charge in [-0.1, -0.05) is 6.92 Å². The van der Waals surface area contributed by atoms with Crippen LogP contribution in [-0.4, -0.2) is 139 Å². The summed E-state index contributed by atoms with van der Waals surface area (Å²) in [5, 5.41) is 26.8. The van der Waals surface area contributed by atoms with Crippen LogP contribution in [0.5, 0.6) is 0 Å². The standard InChI is InChI=1S/C25H37FN10O5S/c1-13-20-19(14(2)30-18(37)11-35-12-29-31-32-35)24(39)36(20)21(25(40)41)22(13)42-16-7-17(28-9-16)23(38)34-5-3-33(4-6-34)10-15(26)8-27/h12-17,19-20,28H,3-11,27H2,1-2H3,(H,30,37)(H,40,41)/t13-,14?,15?,16+,17+,19-,20-/m1/s1. The largest absolute Gasteiger partial charge is 0.477 e. The van der Waals surface area contributed by atoms with Gasteiger partial charge in [0.15, 0.2) is 0 Å². The highest BCUT2D eigenvalue weighted by molar-refractivity contribution is 8.03. The third kappa shape index (κ3) is 6.00. The van der Waals surface area contributed by atoms with Crippen LogP contribution in [-0.2, 0) is 25.7 Å². The van der Waals surface area contributed by atoms with Crippen LogP contribution in [0, 0.1) is 11.8 Å². The molecule has 0 spiro atoms. The monoisotopic (exact) mass is 608 g/mol. The number of hydrogen-bond donors (Lipinski definition) is 4. The lowest BCUT2D eigenvalue weighted by Crippen LogP contribution is -2.66. The van der Waals surface area contributed by atoms with Crippen molar-refractivity contribution < 1.29 is 28.7 Å². The zero-order chi connectivity index (χ0) is 30.1. The van der Waals surface area contributed by atoms with Gasteiger partial charge in [-0.25, -0.2) is 13.9 Å². The highest BCUT2D eigenvalue weighted by Gasteiger charge is 2.60. The first kappa shape index (κ1) is 30.3. The van der Waals surface area contributed by atoms with Crippen LogP contribution in [0.1, 0.15) is 20.3 Å². The Hall–Kier alpha value is -3.15. The van der Waals surface area contributed by atoms with Gasteiger partial charge >= 0.3 is 5.97 Å². The fourth-order valence-electron chi connectivity index (χ4n) is 6.37. The van der Waals surface area contributed by atoms with Crippen molar-refractivity contribution in [3.63, 3.8) is 0 Å². The number of hydrogen-bond acceptors (Lipinski definition) is 11. The van der Waals surface area contributed by atoms with Gasteiger partial charge in [-0.2, -0.15) is 0 Å². The Labute approximate surface area is 246 Å². The van der Waals surface area contributed by atoms with E-state index in [4.69, 9.17) is 5.73 Å². The van der Waals surface area contributed by atoms with E-state index in [0.717, 1.165) is 0 Å². The molecule has 3 fully saturated rings. The van der Waals surface area contributed by atoms with E-state index in [1.807, 2.05) is 11.8 Å². The van der Waals surface area contributed by atoms with Crippen LogP contribution in [0.15, 0.2) is 16.9 Å². The fourth-order valence-corrected chi connectivity index (χ4v) is 7.85. The lowest BCUT2D eigenvalue weighted by Gasteiger charge is -2.47. The predicted molar refractivity (Wildman–Crippen MR) is 148 cm³/mol. The number of carbonyl (C=O) groups excluding carboxylic acids is 3. The van der Waals surface area contributed by atoms with Crippen molar-refractivity contribution >= 4 is 35.5 Å². The molecule has 42 heavy (non-hydrogen) atoms. The van der Waals surface area contributed by atoms with Crippen molar-refractivity contribution in [3.8, 4) is 0 Å². The highest BCUT2D eigenvalue weighted by atomic mass is 32.2. The van der Waals surface area contributed by atoms with E-state index in [9.17, 15) is 28.7 Å². The number of fused-ring (bicyclic) bond motifs is 1. The quantitative estimate of drug-likeness (QED) is 0.200. The Morgan fingerprint density at radius 1 is 1.29 bits per heavy atom. The summed E-state index contributed by atoms with van der Waals surface area (Å²) in [6.07, 6.45) is 0.763. The molecule has 1 aromatic heterocycles. The van der Waals surface area contributed by atoms with Crippen LogP contribution in [0.2, 0.25) is 0 Å². The molecular weight excluding hydrogens is 571 g/mol. The number of aromatic nitrogens is 4. The molecular formula is C25H37FN10O5S. The number of aliphatic carboxylic acids is 1. The maximum absolute atomic E-state index is 13.6. The number of alkyl halides is 1. The highest BCUT2D eigenvalue weighted by Crippen LogP contribution is 2.51. The molecule has 0 bridgehead atoms. The predicted octanol–water partition coefficient (Wildman–Crippen LogP) is -2.14. The summed E-state index contributed by atoms with van der Waals surface area (Å²) in [5.41, 5.74) is 5.37. The van der Waals surface area contributed by atoms with Crippen LogP contribution in [0.4, 0.5) is 4.39 Å². The molecule has 3 amide bonds. The van der Waals surface area contributed by atoms with E-state index >= 15 is 0 Å². The van der Waals surface area contributed by atoms with Gasteiger partial charge in [0.2, 0.25) is 17.7 Å². The van der Waals surface area contributed by atoms with Gasteiger partial charge in [-0.05, 0) is 23.8 Å². The Bertz CT molecular complexity index is 1230. The number of β-lactam (4-membered cyclic amide) rings is 1. The van der Waals surface area contributed by atoms with Crippen molar-refractivity contribution in [2.24, 2.45) is 17.6 Å². The molecule has 0 aliphatic carbocycles. The Morgan fingerprint density at radius 3 is 2.67 bits per heavy atom. The SMILES string of the molecule is CC(NC(=O)Cn1cnnn1)[C@H]1C(=O)N2C(C(=O)O)=C(S[C@@H]3CN[C@H](C(=O)N4CCN(CC(F)CN)CC4)C3)[C@H](C)[C@H]12. The maximum atomic E-state index is 13.6. The Kier molecular flexibility index (Phi) is 9.10. The first-order valence-electron chi connectivity index (χ1n) is 14.1. The molecule has 7 atom stereocenters. The number of nitrogens with two attached hydrogens (primary N) is 1. The number of tetrazole rings is 1. The lowest BCUT2D eigenvalue weighted by atomic mass is 9.78. The minimum absolute atomic E-state index is 0.00872. The minimum atomic E-state index is -1.17. The normalized spacial score (nSPS) is 29.3. The molecule has 2 unspecified atom stereocenters. The van der Waals surface area contributed by atoms with Crippen molar-refractivity contribution in [1.29, 1.82) is 0 Å².